The van der Waals surface area contributed by atoms with E-state index in [2.05, 4.69) is 27.7 Å². The predicted molar refractivity (Wildman–Crippen MR) is 184 cm³/mol. The zero-order valence-corrected chi connectivity index (χ0v) is 28.8. The van der Waals surface area contributed by atoms with E-state index in [4.69, 9.17) is 18.8 Å². The maximum Gasteiger partial charge on any atom is 0.494 e. The van der Waals surface area contributed by atoms with E-state index in [1.54, 1.807) is 0 Å². The van der Waals surface area contributed by atoms with Crippen LogP contribution in [0.15, 0.2) is 60.7 Å². The van der Waals surface area contributed by atoms with Gasteiger partial charge in [-0.05, 0) is 116 Å². The Balaban J connectivity index is 1.53. The maximum atomic E-state index is 12.7. The Morgan fingerprint density at radius 2 is 1.22 bits per heavy atom. The molecule has 1 unspecified atom stereocenters. The molecule has 2 amide bonds. The second-order valence-electron chi connectivity index (χ2n) is 15.1. The maximum absolute atomic E-state index is 12.7. The summed E-state index contributed by atoms with van der Waals surface area (Å²) in [7, 11) is 1.56. The van der Waals surface area contributed by atoms with Gasteiger partial charge in [0.1, 0.15) is 11.2 Å². The molecule has 46 heavy (non-hydrogen) atoms. The number of nitrogens with one attached hydrogen (secondary N) is 2. The number of amides is 2. The van der Waals surface area contributed by atoms with Gasteiger partial charge in [0.15, 0.2) is 0 Å². The average Bonchev–Trinajstić information content (AvgIpc) is 3.13. The molecule has 10 heteroatoms. The Morgan fingerprint density at radius 1 is 0.739 bits per heavy atom. The van der Waals surface area contributed by atoms with Gasteiger partial charge in [-0.1, -0.05) is 36.4 Å². The van der Waals surface area contributed by atoms with Crippen molar-refractivity contribution in [2.45, 2.75) is 97.7 Å². The molecule has 0 radical (unpaired) electrons. The smallest absolute Gasteiger partial charge is 0.444 e. The first kappa shape index (κ1) is 33.4. The number of carbonyl (C=O) groups is 2. The van der Waals surface area contributed by atoms with Crippen molar-refractivity contribution in [2.24, 2.45) is 0 Å². The second-order valence-corrected chi connectivity index (χ2v) is 15.1. The van der Waals surface area contributed by atoms with Crippen molar-refractivity contribution in [1.82, 2.24) is 0 Å². The van der Waals surface area contributed by atoms with Gasteiger partial charge in [0.2, 0.25) is 0 Å². The number of carbonyl (C=O) groups excluding carboxylic acids is 2. The van der Waals surface area contributed by atoms with Crippen molar-refractivity contribution >= 4 is 41.8 Å². The van der Waals surface area contributed by atoms with Crippen LogP contribution in [0.1, 0.15) is 86.4 Å². The van der Waals surface area contributed by atoms with Crippen molar-refractivity contribution in [3.05, 3.63) is 71.8 Å². The van der Waals surface area contributed by atoms with Crippen LogP contribution in [0.2, 0.25) is 0 Å². The quantitative estimate of drug-likeness (QED) is 0.284. The number of nitrogens with zero attached hydrogens (tertiary/aromatic N) is 1. The van der Waals surface area contributed by atoms with Crippen molar-refractivity contribution in [1.29, 1.82) is 0 Å². The Hall–Kier alpha value is -4.02. The van der Waals surface area contributed by atoms with E-state index in [1.807, 2.05) is 125 Å². The van der Waals surface area contributed by atoms with Gasteiger partial charge in [-0.2, -0.15) is 0 Å². The van der Waals surface area contributed by atoms with Gasteiger partial charge in [0.25, 0.3) is 0 Å². The summed E-state index contributed by atoms with van der Waals surface area (Å²) in [6.07, 6.45) is -1.03. The van der Waals surface area contributed by atoms with Gasteiger partial charge in [-0.25, -0.2) is 9.59 Å². The molecule has 0 aromatic heterocycles. The fraction of sp³-hybridized carbons (Fsp3) is 0.444. The van der Waals surface area contributed by atoms with Crippen LogP contribution in [0.3, 0.4) is 0 Å². The van der Waals surface area contributed by atoms with Crippen molar-refractivity contribution in [3.8, 4) is 11.1 Å². The van der Waals surface area contributed by atoms with E-state index in [1.165, 1.54) is 0 Å². The van der Waals surface area contributed by atoms with Crippen LogP contribution in [0, 0.1) is 0 Å². The van der Waals surface area contributed by atoms with Crippen molar-refractivity contribution in [2.75, 3.05) is 22.6 Å². The minimum absolute atomic E-state index is 0.216. The number of hydrogen-bond donors (Lipinski definition) is 2. The molecule has 1 fully saturated rings. The third-order valence-electron chi connectivity index (χ3n) is 8.47. The molecule has 0 bridgehead atoms. The van der Waals surface area contributed by atoms with Crippen LogP contribution in [-0.4, -0.2) is 48.8 Å². The minimum Gasteiger partial charge on any atom is -0.444 e. The summed E-state index contributed by atoms with van der Waals surface area (Å²) in [5.41, 5.74) is 5.09. The number of anilines is 3. The Bertz CT molecular complexity index is 1620. The molecular weight excluding hydrogens is 581 g/mol. The van der Waals surface area contributed by atoms with Gasteiger partial charge in [-0.15, -0.1) is 0 Å². The highest BCUT2D eigenvalue weighted by molar-refractivity contribution is 6.62. The van der Waals surface area contributed by atoms with E-state index in [-0.39, 0.29) is 6.04 Å². The molecular formula is C36H46BN3O6. The Morgan fingerprint density at radius 3 is 1.72 bits per heavy atom. The van der Waals surface area contributed by atoms with E-state index < -0.39 is 41.7 Å². The molecule has 244 valence electrons. The van der Waals surface area contributed by atoms with E-state index in [0.29, 0.717) is 11.4 Å². The fourth-order valence-electron chi connectivity index (χ4n) is 5.65. The molecule has 0 spiro atoms. The minimum atomic E-state index is -0.621. The highest BCUT2D eigenvalue weighted by Crippen LogP contribution is 2.48. The lowest BCUT2D eigenvalue weighted by Crippen LogP contribution is -2.41. The third-order valence-corrected chi connectivity index (χ3v) is 8.47. The van der Waals surface area contributed by atoms with Crippen LogP contribution < -0.4 is 21.0 Å². The number of benzene rings is 3. The number of ether oxygens (including phenoxy) is 2. The van der Waals surface area contributed by atoms with Crippen LogP contribution >= 0.6 is 0 Å². The van der Waals surface area contributed by atoms with Crippen LogP contribution in [0.4, 0.5) is 26.7 Å². The highest BCUT2D eigenvalue weighted by atomic mass is 16.7. The van der Waals surface area contributed by atoms with E-state index in [9.17, 15) is 9.59 Å². The van der Waals surface area contributed by atoms with Gasteiger partial charge >= 0.3 is 19.3 Å². The van der Waals surface area contributed by atoms with Crippen LogP contribution in [0.25, 0.3) is 11.1 Å². The molecule has 1 saturated heterocycles. The monoisotopic (exact) mass is 627 g/mol. The summed E-state index contributed by atoms with van der Waals surface area (Å²) < 4.78 is 23.6. The number of fused-ring (bicyclic) bond motifs is 3. The summed E-state index contributed by atoms with van der Waals surface area (Å²) in [4.78, 5) is 27.4. The van der Waals surface area contributed by atoms with E-state index in [0.717, 1.165) is 33.4 Å². The number of hydrogen-bond acceptors (Lipinski definition) is 7. The van der Waals surface area contributed by atoms with Gasteiger partial charge < -0.3 is 23.7 Å². The highest BCUT2D eigenvalue weighted by Gasteiger charge is 2.51. The molecule has 3 aromatic carbocycles. The van der Waals surface area contributed by atoms with Crippen molar-refractivity contribution < 1.29 is 28.4 Å². The summed E-state index contributed by atoms with van der Waals surface area (Å²) in [5.74, 6) is 0. The lowest BCUT2D eigenvalue weighted by molar-refractivity contribution is 0.00578. The molecule has 0 saturated carbocycles. The third kappa shape index (κ3) is 7.03. The summed E-state index contributed by atoms with van der Waals surface area (Å²) in [6.45, 7) is 19.2. The molecule has 0 aliphatic carbocycles. The first-order valence-electron chi connectivity index (χ1n) is 15.7. The van der Waals surface area contributed by atoms with E-state index >= 15 is 0 Å². The zero-order valence-electron chi connectivity index (χ0n) is 28.8. The molecule has 5 rings (SSSR count). The first-order chi connectivity index (χ1) is 21.2. The summed E-state index contributed by atoms with van der Waals surface area (Å²) >= 11 is 0. The topological polar surface area (TPSA) is 98.4 Å². The molecule has 2 heterocycles. The SMILES string of the molecule is CN1c2cc(NC(=O)OC(C)(C)C)ccc2-c2ccc(NC(=O)OC(C)(C)C)cc2C1c1ccc(B2OC(C)(C)C(C)(C)O2)cc1. The van der Waals surface area contributed by atoms with Crippen molar-refractivity contribution in [3.63, 3.8) is 0 Å². The molecule has 2 aliphatic rings. The zero-order chi connectivity index (χ0) is 33.8. The second kappa shape index (κ2) is 11.7. The van der Waals surface area contributed by atoms with Gasteiger partial charge in [0.05, 0.1) is 17.2 Å². The van der Waals surface area contributed by atoms with Gasteiger partial charge in [0, 0.05) is 29.7 Å². The predicted octanol–water partition coefficient (Wildman–Crippen LogP) is 7.89. The lowest BCUT2D eigenvalue weighted by Gasteiger charge is -2.38. The number of rotatable bonds is 4. The molecule has 3 aromatic rings. The lowest BCUT2D eigenvalue weighted by atomic mass is 9.77. The fourth-order valence-corrected chi connectivity index (χ4v) is 5.65. The molecule has 2 N–H and O–H groups in total. The summed E-state index contributed by atoms with van der Waals surface area (Å²) in [5, 5.41) is 5.77. The normalized spacial score (nSPS) is 18.4. The largest absolute Gasteiger partial charge is 0.494 e. The van der Waals surface area contributed by atoms with Crippen LogP contribution in [-0.2, 0) is 18.8 Å². The first-order valence-corrected chi connectivity index (χ1v) is 15.7. The summed E-state index contributed by atoms with van der Waals surface area (Å²) in [6, 6.07) is 19.8. The van der Waals surface area contributed by atoms with Gasteiger partial charge in [-0.3, -0.25) is 10.6 Å². The Labute approximate surface area is 273 Å². The molecule has 9 nitrogen and oxygen atoms in total. The average molecular weight is 628 g/mol. The molecule has 2 aliphatic heterocycles. The Kier molecular flexibility index (Phi) is 8.45. The standard InChI is InChI=1S/C36H46BN3O6/c1-33(2,3)43-31(41)38-24-16-18-26-27-19-17-25(39-32(42)44-34(4,5)6)21-29(27)40(11)30(28(26)20-24)22-12-14-23(15-13-22)37-45-35(7,8)36(9,10)46-37/h12-21,30H,1-11H3,(H,38,41)(H,39,42). The van der Waals surface area contributed by atoms with Crippen LogP contribution in [0.5, 0.6) is 0 Å². The molecule has 1 atom stereocenters.